The summed E-state index contributed by atoms with van der Waals surface area (Å²) in [6.07, 6.45) is 1.58. The van der Waals surface area contributed by atoms with Gasteiger partial charge in [0.1, 0.15) is 29.4 Å². The Morgan fingerprint density at radius 2 is 1.71 bits per heavy atom. The van der Waals surface area contributed by atoms with Crippen LogP contribution in [-0.4, -0.2) is 24.3 Å². The predicted octanol–water partition coefficient (Wildman–Crippen LogP) is 6.46. The van der Waals surface area contributed by atoms with Crippen LogP contribution in [0.15, 0.2) is 67.0 Å². The number of anilines is 2. The Morgan fingerprint density at radius 1 is 0.943 bits per heavy atom. The fourth-order valence-corrected chi connectivity index (χ4v) is 4.29. The molecule has 178 valence electrons. The molecule has 5 rings (SSSR count). The van der Waals surface area contributed by atoms with Gasteiger partial charge in [-0.1, -0.05) is 57.2 Å². The van der Waals surface area contributed by atoms with E-state index in [1.54, 1.807) is 17.1 Å². The smallest absolute Gasteiger partial charge is 0.146 e. The molecule has 2 aromatic carbocycles. The Bertz CT molecular complexity index is 1510. The summed E-state index contributed by atoms with van der Waals surface area (Å²) in [5.41, 5.74) is 5.69. The Labute approximate surface area is 204 Å². The lowest BCUT2D eigenvalue weighted by Gasteiger charge is -2.14. The molecule has 0 unspecified atom stereocenters. The first-order valence-electron chi connectivity index (χ1n) is 11.7. The lowest BCUT2D eigenvalue weighted by atomic mass is 9.92. The molecule has 0 saturated carbocycles. The number of nitrogens with zero attached hydrogens (tertiary/aromatic N) is 5. The van der Waals surface area contributed by atoms with Crippen molar-refractivity contribution in [1.29, 1.82) is 0 Å². The molecule has 0 saturated heterocycles. The van der Waals surface area contributed by atoms with Crippen molar-refractivity contribution in [2.75, 3.05) is 5.32 Å². The third-order valence-electron chi connectivity index (χ3n) is 6.37. The normalized spacial score (nSPS) is 11.8. The Morgan fingerprint density at radius 3 is 2.43 bits per heavy atom. The number of nitrogens with one attached hydrogen (secondary N) is 1. The summed E-state index contributed by atoms with van der Waals surface area (Å²) in [4.78, 5) is 9.24. The Balaban J connectivity index is 1.62. The first-order valence-corrected chi connectivity index (χ1v) is 11.7. The number of aryl methyl sites for hydroxylation is 1. The van der Waals surface area contributed by atoms with Crippen molar-refractivity contribution in [1.82, 2.24) is 24.3 Å². The van der Waals surface area contributed by atoms with Crippen LogP contribution in [0.3, 0.4) is 0 Å². The first kappa shape index (κ1) is 22.8. The fourth-order valence-electron chi connectivity index (χ4n) is 4.29. The minimum absolute atomic E-state index is 0.179. The molecule has 3 heterocycles. The second-order valence-corrected chi connectivity index (χ2v) is 9.88. The highest BCUT2D eigenvalue weighted by Crippen LogP contribution is 2.33. The molecule has 6 nitrogen and oxygen atoms in total. The molecule has 3 aromatic heterocycles. The van der Waals surface area contributed by atoms with Crippen molar-refractivity contribution in [3.8, 4) is 5.69 Å². The van der Waals surface area contributed by atoms with Gasteiger partial charge < -0.3 is 9.88 Å². The third kappa shape index (κ3) is 4.30. The summed E-state index contributed by atoms with van der Waals surface area (Å²) in [6, 6.07) is 18.8. The van der Waals surface area contributed by atoms with E-state index in [1.807, 2.05) is 30.3 Å². The van der Waals surface area contributed by atoms with E-state index in [4.69, 9.17) is 5.10 Å². The quantitative estimate of drug-likeness (QED) is 0.321. The Kier molecular flexibility index (Phi) is 5.63. The van der Waals surface area contributed by atoms with E-state index in [1.165, 1.54) is 17.7 Å². The van der Waals surface area contributed by atoms with Gasteiger partial charge in [-0.3, -0.25) is 0 Å². The van der Waals surface area contributed by atoms with Crippen molar-refractivity contribution in [3.63, 3.8) is 0 Å². The first-order chi connectivity index (χ1) is 16.7. The molecule has 0 spiro atoms. The summed E-state index contributed by atoms with van der Waals surface area (Å²) in [5.74, 6) is 1.10. The molecule has 0 bridgehead atoms. The van der Waals surface area contributed by atoms with Gasteiger partial charge in [0.2, 0.25) is 0 Å². The van der Waals surface area contributed by atoms with Crippen LogP contribution in [0.5, 0.6) is 0 Å². The van der Waals surface area contributed by atoms with Gasteiger partial charge in [0.25, 0.3) is 0 Å². The second-order valence-electron chi connectivity index (χ2n) is 9.88. The van der Waals surface area contributed by atoms with E-state index in [-0.39, 0.29) is 11.2 Å². The zero-order valence-corrected chi connectivity index (χ0v) is 20.7. The van der Waals surface area contributed by atoms with Gasteiger partial charge in [-0.25, -0.2) is 19.0 Å². The van der Waals surface area contributed by atoms with Crippen LogP contribution < -0.4 is 5.32 Å². The van der Waals surface area contributed by atoms with Gasteiger partial charge >= 0.3 is 0 Å². The summed E-state index contributed by atoms with van der Waals surface area (Å²) < 4.78 is 18.0. The number of rotatable bonds is 5. The number of fused-ring (bicyclic) bond motifs is 1. The maximum absolute atomic E-state index is 14.1. The van der Waals surface area contributed by atoms with Gasteiger partial charge in [-0.2, -0.15) is 5.10 Å². The average molecular weight is 469 g/mol. The monoisotopic (exact) mass is 468 g/mol. The van der Waals surface area contributed by atoms with Gasteiger partial charge in [0.05, 0.1) is 16.8 Å². The maximum atomic E-state index is 14.1. The highest BCUT2D eigenvalue weighted by molar-refractivity contribution is 5.93. The van der Waals surface area contributed by atoms with Crippen molar-refractivity contribution in [2.45, 2.75) is 46.6 Å². The highest BCUT2D eigenvalue weighted by atomic mass is 19.1. The summed E-state index contributed by atoms with van der Waals surface area (Å²) in [6.45, 7) is 11.2. The van der Waals surface area contributed by atoms with E-state index in [0.29, 0.717) is 17.3 Å². The van der Waals surface area contributed by atoms with Crippen LogP contribution in [-0.2, 0) is 12.0 Å². The lowest BCUT2D eigenvalue weighted by molar-refractivity contribution is 0.560. The Hall–Kier alpha value is -4.00. The van der Waals surface area contributed by atoms with E-state index in [2.05, 4.69) is 66.6 Å². The molecule has 0 radical (unpaired) electrons. The molecule has 0 amide bonds. The maximum Gasteiger partial charge on any atom is 0.146 e. The molecule has 35 heavy (non-hydrogen) atoms. The highest BCUT2D eigenvalue weighted by Gasteiger charge is 2.23. The van der Waals surface area contributed by atoms with Gasteiger partial charge in [0.15, 0.2) is 0 Å². The minimum atomic E-state index is -0.310. The van der Waals surface area contributed by atoms with Gasteiger partial charge in [0, 0.05) is 23.7 Å². The van der Waals surface area contributed by atoms with E-state index in [9.17, 15) is 4.39 Å². The molecule has 1 N–H and O–H groups in total. The van der Waals surface area contributed by atoms with E-state index >= 15 is 0 Å². The zero-order chi connectivity index (χ0) is 24.7. The topological polar surface area (TPSA) is 60.6 Å². The molecule has 0 fully saturated rings. The van der Waals surface area contributed by atoms with Crippen LogP contribution in [0.1, 0.15) is 43.3 Å². The molecular weight excluding hydrogens is 439 g/mol. The number of aromatic nitrogens is 5. The molecule has 0 atom stereocenters. The standard InChI is InChI=1S/C28H29FN6/c1-18-19(2)34(16-20-10-7-6-8-11-20)27-25(18)26(30-17-31-27)32-24-15-23(28(3,4)5)33-35(24)22-13-9-12-21(29)14-22/h6-15,17H,16H2,1-5H3,(H,30,31,32). The molecule has 0 aliphatic rings. The van der Waals surface area contributed by atoms with Gasteiger partial charge in [-0.15, -0.1) is 0 Å². The summed E-state index contributed by atoms with van der Waals surface area (Å²) in [5, 5.41) is 9.26. The van der Waals surface area contributed by atoms with Crippen molar-refractivity contribution in [2.24, 2.45) is 0 Å². The third-order valence-corrected chi connectivity index (χ3v) is 6.37. The van der Waals surface area contributed by atoms with Crippen LogP contribution in [0, 0.1) is 19.7 Å². The molecule has 5 aromatic rings. The number of hydrogen-bond donors (Lipinski definition) is 1. The minimum Gasteiger partial charge on any atom is -0.325 e. The number of benzene rings is 2. The van der Waals surface area contributed by atoms with Crippen molar-refractivity contribution >= 4 is 22.7 Å². The lowest BCUT2D eigenvalue weighted by Crippen LogP contribution is -2.12. The van der Waals surface area contributed by atoms with Crippen LogP contribution in [0.4, 0.5) is 16.0 Å². The van der Waals surface area contributed by atoms with Gasteiger partial charge in [-0.05, 0) is 43.2 Å². The fraction of sp³-hybridized carbons (Fsp3) is 0.250. The largest absolute Gasteiger partial charge is 0.325 e. The van der Waals surface area contributed by atoms with Crippen LogP contribution >= 0.6 is 0 Å². The predicted molar refractivity (Wildman–Crippen MR) is 138 cm³/mol. The summed E-state index contributed by atoms with van der Waals surface area (Å²) in [7, 11) is 0. The van der Waals surface area contributed by atoms with Crippen LogP contribution in [0.2, 0.25) is 0 Å². The molecule has 0 aliphatic heterocycles. The SMILES string of the molecule is Cc1c(C)n(Cc2ccccc2)c2ncnc(Nc3cc(C(C)(C)C)nn3-c3cccc(F)c3)c12. The van der Waals surface area contributed by atoms with E-state index in [0.717, 1.165) is 34.5 Å². The second kappa shape index (κ2) is 8.65. The number of hydrogen-bond acceptors (Lipinski definition) is 4. The van der Waals surface area contributed by atoms with E-state index < -0.39 is 0 Å². The van der Waals surface area contributed by atoms with Crippen molar-refractivity contribution in [3.05, 3.63) is 95.3 Å². The zero-order valence-electron chi connectivity index (χ0n) is 20.7. The molecule has 7 heteroatoms. The van der Waals surface area contributed by atoms with Crippen LogP contribution in [0.25, 0.3) is 16.7 Å². The molecular formula is C28H29FN6. The average Bonchev–Trinajstić information content (AvgIpc) is 3.36. The molecule has 0 aliphatic carbocycles. The van der Waals surface area contributed by atoms with Crippen molar-refractivity contribution < 1.29 is 4.39 Å². The number of halogens is 1. The summed E-state index contributed by atoms with van der Waals surface area (Å²) >= 11 is 0.